The molecule has 1 saturated carbocycles. The molecule has 1 atom stereocenters. The highest BCUT2D eigenvalue weighted by Crippen LogP contribution is 2.38. The number of hydrogen-bond acceptors (Lipinski definition) is 5. The van der Waals surface area contributed by atoms with Crippen LogP contribution in [0.3, 0.4) is 0 Å². The first-order valence-electron chi connectivity index (χ1n) is 8.40. The number of benzene rings is 1. The van der Waals surface area contributed by atoms with E-state index < -0.39 is 5.54 Å². The van der Waals surface area contributed by atoms with Gasteiger partial charge in [-0.05, 0) is 56.7 Å². The average Bonchev–Trinajstić information content (AvgIpc) is 2.96. The number of nitrogens with one attached hydrogen (secondary N) is 1. The Bertz CT molecular complexity index is 688. The van der Waals surface area contributed by atoms with E-state index in [-0.39, 0.29) is 0 Å². The molecule has 0 spiro atoms. The minimum atomic E-state index is -0.391. The number of rotatable bonds is 5. The number of nitrogens with two attached hydrogens (primary N) is 1. The third-order valence-electron chi connectivity index (χ3n) is 5.06. The SMILES string of the molecule is Cc1c(NC(C)C(C)C)cccc1-c1nc(C2(N)CCC2)no1. The molecule has 1 unspecified atom stereocenters. The van der Waals surface area contributed by atoms with Crippen molar-refractivity contribution < 1.29 is 4.52 Å². The van der Waals surface area contributed by atoms with Crippen molar-refractivity contribution in [1.82, 2.24) is 10.1 Å². The van der Waals surface area contributed by atoms with E-state index in [1.165, 1.54) is 0 Å². The minimum absolute atomic E-state index is 0.391. The largest absolute Gasteiger partial charge is 0.382 e. The second kappa shape index (κ2) is 5.96. The van der Waals surface area contributed by atoms with Crippen LogP contribution in [0.2, 0.25) is 0 Å². The van der Waals surface area contributed by atoms with Crippen molar-refractivity contribution in [2.75, 3.05) is 5.32 Å². The lowest BCUT2D eigenvalue weighted by molar-refractivity contribution is 0.229. The van der Waals surface area contributed by atoms with E-state index in [1.807, 2.05) is 12.1 Å². The van der Waals surface area contributed by atoms with Gasteiger partial charge in [0, 0.05) is 17.3 Å². The molecule has 23 heavy (non-hydrogen) atoms. The molecule has 1 heterocycles. The first-order valence-corrected chi connectivity index (χ1v) is 8.40. The van der Waals surface area contributed by atoms with Crippen molar-refractivity contribution in [3.05, 3.63) is 29.6 Å². The molecule has 0 aliphatic heterocycles. The molecule has 0 saturated heterocycles. The van der Waals surface area contributed by atoms with Crippen molar-refractivity contribution in [2.45, 2.75) is 58.5 Å². The van der Waals surface area contributed by atoms with E-state index in [0.717, 1.165) is 36.1 Å². The van der Waals surface area contributed by atoms with Crippen LogP contribution in [-0.2, 0) is 5.54 Å². The lowest BCUT2D eigenvalue weighted by Gasteiger charge is -2.34. The Labute approximate surface area is 137 Å². The van der Waals surface area contributed by atoms with E-state index in [0.29, 0.717) is 23.7 Å². The normalized spacial score (nSPS) is 17.8. The monoisotopic (exact) mass is 314 g/mol. The van der Waals surface area contributed by atoms with Gasteiger partial charge < -0.3 is 15.6 Å². The Hall–Kier alpha value is -1.88. The molecule has 3 N–H and O–H groups in total. The molecule has 1 aromatic carbocycles. The summed E-state index contributed by atoms with van der Waals surface area (Å²) in [5, 5.41) is 7.68. The zero-order valence-corrected chi connectivity index (χ0v) is 14.4. The van der Waals surface area contributed by atoms with Gasteiger partial charge in [0.15, 0.2) is 5.82 Å². The quantitative estimate of drug-likeness (QED) is 0.877. The second-order valence-corrected chi connectivity index (χ2v) is 7.09. The predicted molar refractivity (Wildman–Crippen MR) is 92.1 cm³/mol. The summed E-state index contributed by atoms with van der Waals surface area (Å²) < 4.78 is 5.49. The van der Waals surface area contributed by atoms with Crippen LogP contribution in [0.1, 0.15) is 51.4 Å². The van der Waals surface area contributed by atoms with Gasteiger partial charge >= 0.3 is 0 Å². The Morgan fingerprint density at radius 3 is 2.61 bits per heavy atom. The number of nitrogens with zero attached hydrogens (tertiary/aromatic N) is 2. The highest BCUT2D eigenvalue weighted by Gasteiger charge is 2.39. The molecule has 5 nitrogen and oxygen atoms in total. The van der Waals surface area contributed by atoms with Gasteiger partial charge in [0.25, 0.3) is 5.89 Å². The van der Waals surface area contributed by atoms with E-state index in [1.54, 1.807) is 0 Å². The van der Waals surface area contributed by atoms with Crippen LogP contribution in [0, 0.1) is 12.8 Å². The van der Waals surface area contributed by atoms with Gasteiger partial charge in [-0.15, -0.1) is 0 Å². The Morgan fingerprint density at radius 2 is 2.00 bits per heavy atom. The average molecular weight is 314 g/mol. The first kappa shape index (κ1) is 16.0. The Kier molecular flexibility index (Phi) is 4.15. The summed E-state index contributed by atoms with van der Waals surface area (Å²) in [6.45, 7) is 8.69. The third kappa shape index (κ3) is 2.98. The summed E-state index contributed by atoms with van der Waals surface area (Å²) in [6.07, 6.45) is 2.99. The fraction of sp³-hybridized carbons (Fsp3) is 0.556. The summed E-state index contributed by atoms with van der Waals surface area (Å²) in [5.41, 5.74) is 9.09. The molecule has 124 valence electrons. The van der Waals surface area contributed by atoms with Crippen molar-refractivity contribution in [1.29, 1.82) is 0 Å². The fourth-order valence-electron chi connectivity index (χ4n) is 2.75. The number of hydrogen-bond donors (Lipinski definition) is 2. The van der Waals surface area contributed by atoms with E-state index >= 15 is 0 Å². The molecule has 1 fully saturated rings. The Morgan fingerprint density at radius 1 is 1.26 bits per heavy atom. The predicted octanol–water partition coefficient (Wildman–Crippen LogP) is 3.84. The lowest BCUT2D eigenvalue weighted by atomic mass is 9.77. The maximum Gasteiger partial charge on any atom is 0.258 e. The minimum Gasteiger partial charge on any atom is -0.382 e. The van der Waals surface area contributed by atoms with Gasteiger partial charge in [0.1, 0.15) is 0 Å². The van der Waals surface area contributed by atoms with Gasteiger partial charge in [-0.3, -0.25) is 0 Å². The molecule has 1 aromatic heterocycles. The standard InChI is InChI=1S/C18H26N4O/c1-11(2)13(4)20-15-8-5-7-14(12(15)3)16-21-17(22-23-16)18(19)9-6-10-18/h5,7-8,11,13,20H,6,9-10,19H2,1-4H3. The highest BCUT2D eigenvalue weighted by atomic mass is 16.5. The summed E-state index contributed by atoms with van der Waals surface area (Å²) >= 11 is 0. The van der Waals surface area contributed by atoms with Gasteiger partial charge in [-0.1, -0.05) is 25.1 Å². The molecular weight excluding hydrogens is 288 g/mol. The maximum atomic E-state index is 6.29. The van der Waals surface area contributed by atoms with Crippen LogP contribution in [0.4, 0.5) is 5.69 Å². The number of anilines is 1. The highest BCUT2D eigenvalue weighted by molar-refractivity contribution is 5.68. The molecule has 1 aliphatic carbocycles. The van der Waals surface area contributed by atoms with E-state index in [9.17, 15) is 0 Å². The lowest BCUT2D eigenvalue weighted by Crippen LogP contribution is -2.44. The van der Waals surface area contributed by atoms with Gasteiger partial charge in [0.05, 0.1) is 5.54 Å². The van der Waals surface area contributed by atoms with E-state index in [2.05, 4.69) is 49.2 Å². The molecule has 0 amide bonds. The third-order valence-corrected chi connectivity index (χ3v) is 5.06. The van der Waals surface area contributed by atoms with Gasteiger partial charge in [0.2, 0.25) is 0 Å². The fourth-order valence-corrected chi connectivity index (χ4v) is 2.75. The Balaban J connectivity index is 1.88. The van der Waals surface area contributed by atoms with Crippen molar-refractivity contribution in [2.24, 2.45) is 11.7 Å². The van der Waals surface area contributed by atoms with Crippen LogP contribution in [0.25, 0.3) is 11.5 Å². The molecule has 2 aromatic rings. The molecule has 5 heteroatoms. The van der Waals surface area contributed by atoms with Crippen molar-refractivity contribution >= 4 is 5.69 Å². The second-order valence-electron chi connectivity index (χ2n) is 7.09. The van der Waals surface area contributed by atoms with Gasteiger partial charge in [-0.2, -0.15) is 4.98 Å². The summed E-state index contributed by atoms with van der Waals surface area (Å²) in [7, 11) is 0. The topological polar surface area (TPSA) is 77.0 Å². The van der Waals surface area contributed by atoms with Crippen LogP contribution in [-0.4, -0.2) is 16.2 Å². The smallest absolute Gasteiger partial charge is 0.258 e. The zero-order chi connectivity index (χ0) is 16.6. The number of aromatic nitrogens is 2. The van der Waals surface area contributed by atoms with E-state index in [4.69, 9.17) is 10.3 Å². The first-order chi connectivity index (χ1) is 10.9. The summed E-state index contributed by atoms with van der Waals surface area (Å²) in [6, 6.07) is 6.51. The molecular formula is C18H26N4O. The van der Waals surface area contributed by atoms with Crippen LogP contribution in [0.15, 0.2) is 22.7 Å². The molecule has 0 radical (unpaired) electrons. The van der Waals surface area contributed by atoms with Crippen LogP contribution < -0.4 is 11.1 Å². The molecule has 1 aliphatic rings. The summed E-state index contributed by atoms with van der Waals surface area (Å²) in [4.78, 5) is 4.56. The van der Waals surface area contributed by atoms with Crippen LogP contribution in [0.5, 0.6) is 0 Å². The molecule has 3 rings (SSSR count). The summed E-state index contributed by atoms with van der Waals surface area (Å²) in [5.74, 6) is 1.74. The van der Waals surface area contributed by atoms with Crippen molar-refractivity contribution in [3.63, 3.8) is 0 Å². The maximum absolute atomic E-state index is 6.29. The molecule has 0 bridgehead atoms. The van der Waals surface area contributed by atoms with Crippen LogP contribution >= 0.6 is 0 Å². The van der Waals surface area contributed by atoms with Crippen molar-refractivity contribution in [3.8, 4) is 11.5 Å². The van der Waals surface area contributed by atoms with Gasteiger partial charge in [-0.25, -0.2) is 0 Å². The zero-order valence-electron chi connectivity index (χ0n) is 14.4.